The highest BCUT2D eigenvalue weighted by molar-refractivity contribution is 7.92. The number of rotatable bonds is 11. The quantitative estimate of drug-likeness (QED) is 0.388. The monoisotopic (exact) mass is 529 g/mol. The number of nitrogens with one attached hydrogen (secondary N) is 2. The molecule has 3 aromatic rings. The van der Waals surface area contributed by atoms with Gasteiger partial charge in [-0.3, -0.25) is 4.79 Å². The van der Waals surface area contributed by atoms with Crippen molar-refractivity contribution in [3.63, 3.8) is 0 Å². The number of carbonyl (C=O) groups excluding carboxylic acids is 1. The predicted octanol–water partition coefficient (Wildman–Crippen LogP) is 4.14. The van der Waals surface area contributed by atoms with Crippen LogP contribution in [0.3, 0.4) is 0 Å². The van der Waals surface area contributed by atoms with Crippen LogP contribution in [0, 0.1) is 11.2 Å². The van der Waals surface area contributed by atoms with Crippen molar-refractivity contribution >= 4 is 32.6 Å². The van der Waals surface area contributed by atoms with E-state index in [0.717, 1.165) is 25.1 Å². The lowest BCUT2D eigenvalue weighted by Crippen LogP contribution is -2.30. The van der Waals surface area contributed by atoms with E-state index in [1.54, 1.807) is 24.3 Å². The Bertz CT molecular complexity index is 1380. The van der Waals surface area contributed by atoms with E-state index >= 15 is 4.39 Å². The van der Waals surface area contributed by atoms with Gasteiger partial charge in [0.05, 0.1) is 6.61 Å². The first kappa shape index (κ1) is 26.7. The van der Waals surface area contributed by atoms with Crippen molar-refractivity contribution in [1.29, 1.82) is 0 Å². The van der Waals surface area contributed by atoms with Crippen molar-refractivity contribution in [2.24, 2.45) is 5.41 Å². The van der Waals surface area contributed by atoms with Gasteiger partial charge in [0.25, 0.3) is 5.91 Å². The lowest BCUT2D eigenvalue weighted by Gasteiger charge is -2.25. The molecule has 4 rings (SSSR count). The molecule has 1 aliphatic heterocycles. The summed E-state index contributed by atoms with van der Waals surface area (Å²) in [5.74, 6) is -1.06. The highest BCUT2D eigenvalue weighted by Crippen LogP contribution is 2.40. The molecule has 0 saturated carbocycles. The molecule has 0 atom stereocenters. The van der Waals surface area contributed by atoms with Crippen molar-refractivity contribution in [3.8, 4) is 11.5 Å². The molecule has 1 fully saturated rings. The summed E-state index contributed by atoms with van der Waals surface area (Å²) in [6.07, 6.45) is 0.790. The first-order chi connectivity index (χ1) is 17.6. The van der Waals surface area contributed by atoms with Crippen LogP contribution in [-0.2, 0) is 21.6 Å². The van der Waals surface area contributed by atoms with E-state index < -0.39 is 28.5 Å². The summed E-state index contributed by atoms with van der Waals surface area (Å²) >= 11 is 0. The van der Waals surface area contributed by atoms with Crippen LogP contribution in [0.1, 0.15) is 32.8 Å². The minimum Gasteiger partial charge on any atom is -0.494 e. The molecule has 3 aromatic carbocycles. The molecule has 0 unspecified atom stereocenters. The molecule has 10 heteroatoms. The molecule has 1 heterocycles. The van der Waals surface area contributed by atoms with E-state index in [0.29, 0.717) is 22.0 Å². The smallest absolute Gasteiger partial charge is 0.326 e. The molecule has 0 bridgehead atoms. The van der Waals surface area contributed by atoms with E-state index in [1.165, 1.54) is 0 Å². The predicted molar refractivity (Wildman–Crippen MR) is 142 cm³/mol. The highest BCUT2D eigenvalue weighted by Gasteiger charge is 2.38. The number of ether oxygens (including phenoxy) is 2. The number of hydrogen-bond acceptors (Lipinski definition) is 6. The summed E-state index contributed by atoms with van der Waals surface area (Å²) in [7, 11) is -4.26. The number of nitrogens with zero attached hydrogens (tertiary/aromatic N) is 1. The first-order valence-corrected chi connectivity index (χ1v) is 13.6. The first-order valence-electron chi connectivity index (χ1n) is 12.2. The van der Waals surface area contributed by atoms with Crippen molar-refractivity contribution < 1.29 is 27.1 Å². The van der Waals surface area contributed by atoms with Crippen molar-refractivity contribution in [2.75, 3.05) is 30.5 Å². The molecule has 0 spiro atoms. The SMILES string of the molecule is CCNCC(C)(C)CCOc1ccc2cc(OCc3ccccc3)c(N3CC(=O)NS3(=O)=O)c(F)c2c1. The normalized spacial score (nSPS) is 15.1. The van der Waals surface area contributed by atoms with Gasteiger partial charge in [-0.1, -0.05) is 57.2 Å². The van der Waals surface area contributed by atoms with Gasteiger partial charge in [-0.2, -0.15) is 8.42 Å². The Labute approximate surface area is 216 Å². The van der Waals surface area contributed by atoms with Gasteiger partial charge in [0.2, 0.25) is 0 Å². The third-order valence-electron chi connectivity index (χ3n) is 6.20. The van der Waals surface area contributed by atoms with E-state index in [2.05, 4.69) is 26.1 Å². The minimum atomic E-state index is -4.26. The second kappa shape index (κ2) is 10.9. The van der Waals surface area contributed by atoms with Gasteiger partial charge in [-0.25, -0.2) is 13.4 Å². The molecule has 0 aliphatic carbocycles. The zero-order chi connectivity index (χ0) is 26.6. The molecule has 0 radical (unpaired) electrons. The summed E-state index contributed by atoms with van der Waals surface area (Å²) in [6.45, 7) is 8.09. The summed E-state index contributed by atoms with van der Waals surface area (Å²) < 4.78 is 55.7. The largest absolute Gasteiger partial charge is 0.494 e. The molecular formula is C27H32FN3O5S. The Morgan fingerprint density at radius 2 is 1.86 bits per heavy atom. The van der Waals surface area contributed by atoms with Gasteiger partial charge >= 0.3 is 10.2 Å². The minimum absolute atomic E-state index is 0.0211. The van der Waals surface area contributed by atoms with Gasteiger partial charge in [0.1, 0.15) is 30.3 Å². The van der Waals surface area contributed by atoms with Crippen LogP contribution < -0.4 is 23.8 Å². The Balaban J connectivity index is 1.66. The fourth-order valence-electron chi connectivity index (χ4n) is 4.11. The summed E-state index contributed by atoms with van der Waals surface area (Å²) in [6, 6.07) is 15.8. The van der Waals surface area contributed by atoms with E-state index in [-0.39, 0.29) is 28.8 Å². The second-order valence-electron chi connectivity index (χ2n) is 9.77. The summed E-state index contributed by atoms with van der Waals surface area (Å²) in [5.41, 5.74) is 0.541. The fourth-order valence-corrected chi connectivity index (χ4v) is 5.27. The van der Waals surface area contributed by atoms with E-state index in [9.17, 15) is 13.2 Å². The van der Waals surface area contributed by atoms with Crippen molar-refractivity contribution in [2.45, 2.75) is 33.8 Å². The van der Waals surface area contributed by atoms with Crippen LogP contribution >= 0.6 is 0 Å². The van der Waals surface area contributed by atoms with Crippen molar-refractivity contribution in [1.82, 2.24) is 10.0 Å². The summed E-state index contributed by atoms with van der Waals surface area (Å²) in [4.78, 5) is 11.9. The van der Waals surface area contributed by atoms with Crippen LogP contribution in [0.5, 0.6) is 11.5 Å². The zero-order valence-electron chi connectivity index (χ0n) is 21.2. The van der Waals surface area contributed by atoms with Crippen LogP contribution in [0.15, 0.2) is 54.6 Å². The van der Waals surface area contributed by atoms with Crippen molar-refractivity contribution in [3.05, 3.63) is 66.0 Å². The van der Waals surface area contributed by atoms with Gasteiger partial charge in [0.15, 0.2) is 5.82 Å². The average molecular weight is 530 g/mol. The number of amides is 1. The average Bonchev–Trinajstić information content (AvgIpc) is 3.13. The summed E-state index contributed by atoms with van der Waals surface area (Å²) in [5, 5.41) is 4.02. The maximum absolute atomic E-state index is 16.0. The standard InChI is InChI=1S/C27H32FN3O5S/c1-4-29-18-27(2,3)12-13-35-21-11-10-20-14-23(36-17-19-8-6-5-7-9-19)26(25(28)22(20)15-21)31-16-24(32)30-37(31,33)34/h5-11,14-15,29H,4,12-13,16-18H2,1-3H3,(H,30,32). The molecule has 1 saturated heterocycles. The maximum Gasteiger partial charge on any atom is 0.326 e. The third kappa shape index (κ3) is 6.31. The molecule has 1 aliphatic rings. The number of hydrogen-bond donors (Lipinski definition) is 2. The number of carbonyl (C=O) groups is 1. The molecule has 0 aromatic heterocycles. The lowest BCUT2D eigenvalue weighted by molar-refractivity contribution is -0.117. The number of halogens is 1. The number of fused-ring (bicyclic) bond motifs is 1. The molecular weight excluding hydrogens is 497 g/mol. The molecule has 198 valence electrons. The molecule has 2 N–H and O–H groups in total. The number of anilines is 1. The van der Waals surface area contributed by atoms with E-state index in [4.69, 9.17) is 9.47 Å². The van der Waals surface area contributed by atoms with Gasteiger partial charge in [-0.15, -0.1) is 0 Å². The van der Waals surface area contributed by atoms with E-state index in [1.807, 2.05) is 35.1 Å². The third-order valence-corrected chi connectivity index (χ3v) is 7.57. The van der Waals surface area contributed by atoms with Gasteiger partial charge < -0.3 is 14.8 Å². The zero-order valence-corrected chi connectivity index (χ0v) is 22.0. The number of benzene rings is 3. The van der Waals surface area contributed by atoms with Crippen LogP contribution in [0.2, 0.25) is 0 Å². The molecule has 37 heavy (non-hydrogen) atoms. The Hall–Kier alpha value is -3.37. The van der Waals surface area contributed by atoms with Gasteiger partial charge in [0, 0.05) is 11.9 Å². The maximum atomic E-state index is 16.0. The Kier molecular flexibility index (Phi) is 7.89. The van der Waals surface area contributed by atoms with Crippen LogP contribution in [0.25, 0.3) is 10.8 Å². The van der Waals surface area contributed by atoms with Crippen LogP contribution in [0.4, 0.5) is 10.1 Å². The Morgan fingerprint density at radius 3 is 2.54 bits per heavy atom. The second-order valence-corrected chi connectivity index (χ2v) is 11.4. The Morgan fingerprint density at radius 1 is 1.11 bits per heavy atom. The highest BCUT2D eigenvalue weighted by atomic mass is 32.2. The van der Waals surface area contributed by atoms with Crippen LogP contribution in [-0.4, -0.2) is 40.6 Å². The van der Waals surface area contributed by atoms with Gasteiger partial charge in [-0.05, 0) is 47.5 Å². The topological polar surface area (TPSA) is 97.0 Å². The molecule has 1 amide bonds. The fraction of sp³-hybridized carbons (Fsp3) is 0.370. The molecule has 8 nitrogen and oxygen atoms in total. The lowest BCUT2D eigenvalue weighted by atomic mass is 9.90.